The Morgan fingerprint density at radius 2 is 1.84 bits per heavy atom. The lowest BCUT2D eigenvalue weighted by atomic mass is 9.81. The van der Waals surface area contributed by atoms with Gasteiger partial charge in [0.1, 0.15) is 0 Å². The van der Waals surface area contributed by atoms with Crippen molar-refractivity contribution in [2.45, 2.75) is 38.1 Å². The van der Waals surface area contributed by atoms with E-state index in [-0.39, 0.29) is 6.03 Å². The fourth-order valence-corrected chi connectivity index (χ4v) is 5.92. The molecule has 0 saturated heterocycles. The summed E-state index contributed by atoms with van der Waals surface area (Å²) in [6.07, 6.45) is 6.55. The summed E-state index contributed by atoms with van der Waals surface area (Å²) in [5.74, 6) is 0.801. The van der Waals surface area contributed by atoms with Crippen LogP contribution in [0.15, 0.2) is 35.3 Å². The number of nitrogens with one attached hydrogen (secondary N) is 1. The molecule has 1 fully saturated rings. The second kappa shape index (κ2) is 13.4. The standard InChI is InChI=1S/C22H35N3O5Si/c1-28-31(29-2,30-3)14-8-13-25(21-11-5-4-6-12-21)22(27)24-17-20-10-7-9-19(15-20)16-23-18-26/h4-6,11-12,19-20H,7-10,13-17H2,1-3H3,(H,24,27). The van der Waals surface area contributed by atoms with Crippen LogP contribution in [0.1, 0.15) is 32.1 Å². The van der Waals surface area contributed by atoms with E-state index in [1.807, 2.05) is 30.3 Å². The third-order valence-electron chi connectivity index (χ3n) is 5.96. The van der Waals surface area contributed by atoms with Gasteiger partial charge < -0.3 is 18.6 Å². The Hall–Kier alpha value is -2.03. The van der Waals surface area contributed by atoms with Crippen LogP contribution in [0.5, 0.6) is 0 Å². The predicted octanol–water partition coefficient (Wildman–Crippen LogP) is 3.61. The van der Waals surface area contributed by atoms with Gasteiger partial charge >= 0.3 is 14.8 Å². The summed E-state index contributed by atoms with van der Waals surface area (Å²) in [5, 5.41) is 3.11. The summed E-state index contributed by atoms with van der Waals surface area (Å²) in [4.78, 5) is 29.0. The first-order valence-electron chi connectivity index (χ1n) is 10.9. The minimum absolute atomic E-state index is 0.112. The van der Waals surface area contributed by atoms with Crippen molar-refractivity contribution in [3.63, 3.8) is 0 Å². The fourth-order valence-electron chi connectivity index (χ4n) is 4.21. The molecule has 1 aromatic rings. The molecule has 0 spiro atoms. The highest BCUT2D eigenvalue weighted by molar-refractivity contribution is 6.60. The summed E-state index contributed by atoms with van der Waals surface area (Å²) in [6, 6.07) is 10.2. The zero-order valence-corrected chi connectivity index (χ0v) is 19.8. The smallest absolute Gasteiger partial charge is 0.377 e. The van der Waals surface area contributed by atoms with Crippen LogP contribution in [0.25, 0.3) is 0 Å². The Labute approximate surface area is 186 Å². The van der Waals surface area contributed by atoms with Crippen LogP contribution >= 0.6 is 0 Å². The number of benzene rings is 1. The van der Waals surface area contributed by atoms with Crippen molar-refractivity contribution in [1.82, 2.24) is 5.32 Å². The Balaban J connectivity index is 1.95. The van der Waals surface area contributed by atoms with Gasteiger partial charge in [0.2, 0.25) is 6.08 Å². The van der Waals surface area contributed by atoms with Gasteiger partial charge in [0, 0.05) is 46.2 Å². The largest absolute Gasteiger partial charge is 0.500 e. The predicted molar refractivity (Wildman–Crippen MR) is 122 cm³/mol. The number of aliphatic imine (C=N–C) groups is 1. The number of carbonyl (C=O) groups excluding carboxylic acids is 2. The molecule has 8 nitrogen and oxygen atoms in total. The monoisotopic (exact) mass is 449 g/mol. The molecule has 2 rings (SSSR count). The maximum Gasteiger partial charge on any atom is 0.500 e. The Bertz CT molecular complexity index is 702. The average Bonchev–Trinajstić information content (AvgIpc) is 2.82. The van der Waals surface area contributed by atoms with Crippen molar-refractivity contribution in [2.24, 2.45) is 16.8 Å². The average molecular weight is 450 g/mol. The molecule has 31 heavy (non-hydrogen) atoms. The van der Waals surface area contributed by atoms with Crippen molar-refractivity contribution in [3.05, 3.63) is 30.3 Å². The Morgan fingerprint density at radius 3 is 2.48 bits per heavy atom. The lowest BCUT2D eigenvalue weighted by Gasteiger charge is -2.30. The summed E-state index contributed by atoms with van der Waals surface area (Å²) < 4.78 is 16.5. The summed E-state index contributed by atoms with van der Waals surface area (Å²) >= 11 is 0. The second-order valence-electron chi connectivity index (χ2n) is 7.90. The first-order valence-corrected chi connectivity index (χ1v) is 12.8. The Kier molecular flexibility index (Phi) is 10.9. The number of para-hydroxylation sites is 1. The van der Waals surface area contributed by atoms with E-state index in [2.05, 4.69) is 10.3 Å². The molecule has 0 bridgehead atoms. The van der Waals surface area contributed by atoms with E-state index in [0.717, 1.165) is 31.4 Å². The molecule has 0 aromatic heterocycles. The van der Waals surface area contributed by atoms with Crippen molar-refractivity contribution >= 4 is 26.6 Å². The molecule has 0 aliphatic heterocycles. The maximum atomic E-state index is 13.1. The molecular formula is C22H35N3O5Si. The molecule has 0 radical (unpaired) electrons. The summed E-state index contributed by atoms with van der Waals surface area (Å²) in [6.45, 7) is 1.69. The molecule has 1 aliphatic rings. The van der Waals surface area contributed by atoms with Gasteiger partial charge in [0.15, 0.2) is 0 Å². The highest BCUT2D eigenvalue weighted by Gasteiger charge is 2.37. The van der Waals surface area contributed by atoms with Crippen molar-refractivity contribution < 1.29 is 22.9 Å². The zero-order valence-electron chi connectivity index (χ0n) is 18.8. The van der Waals surface area contributed by atoms with E-state index in [9.17, 15) is 9.59 Å². The van der Waals surface area contributed by atoms with Gasteiger partial charge in [-0.1, -0.05) is 24.6 Å². The second-order valence-corrected chi connectivity index (χ2v) is 11.0. The van der Waals surface area contributed by atoms with Crippen LogP contribution in [0.4, 0.5) is 10.5 Å². The number of isocyanates is 1. The minimum Gasteiger partial charge on any atom is -0.377 e. The van der Waals surface area contributed by atoms with Gasteiger partial charge in [-0.15, -0.1) is 0 Å². The summed E-state index contributed by atoms with van der Waals surface area (Å²) in [7, 11) is 2.11. The SMILES string of the molecule is CO[Si](CCCN(C(=O)NCC1CCCC(CN=C=O)C1)c1ccccc1)(OC)OC. The molecule has 1 aliphatic carbocycles. The van der Waals surface area contributed by atoms with E-state index < -0.39 is 8.80 Å². The number of hydrogen-bond donors (Lipinski definition) is 1. The quantitative estimate of drug-likeness (QED) is 0.299. The van der Waals surface area contributed by atoms with Crippen molar-refractivity contribution in [3.8, 4) is 0 Å². The normalized spacial score (nSPS) is 18.8. The number of rotatable bonds is 12. The first kappa shape index (κ1) is 25.2. The number of anilines is 1. The number of hydrogen-bond acceptors (Lipinski definition) is 6. The summed E-state index contributed by atoms with van der Waals surface area (Å²) in [5.41, 5.74) is 0.848. The van der Waals surface area contributed by atoms with Crippen LogP contribution in [-0.4, -0.2) is 61.9 Å². The molecule has 1 aromatic carbocycles. The van der Waals surface area contributed by atoms with Gasteiger partial charge in [-0.05, 0) is 49.7 Å². The number of amides is 2. The van der Waals surface area contributed by atoms with Crippen LogP contribution in [0, 0.1) is 11.8 Å². The van der Waals surface area contributed by atoms with E-state index in [4.69, 9.17) is 13.3 Å². The molecule has 2 amide bonds. The highest BCUT2D eigenvalue weighted by Crippen LogP contribution is 2.29. The third kappa shape index (κ3) is 7.86. The first-order chi connectivity index (χ1) is 15.1. The van der Waals surface area contributed by atoms with E-state index >= 15 is 0 Å². The van der Waals surface area contributed by atoms with Crippen LogP contribution in [0.3, 0.4) is 0 Å². The lowest BCUT2D eigenvalue weighted by Crippen LogP contribution is -2.45. The molecule has 2 atom stereocenters. The Morgan fingerprint density at radius 1 is 1.16 bits per heavy atom. The molecule has 9 heteroatoms. The highest BCUT2D eigenvalue weighted by atomic mass is 28.4. The van der Waals surface area contributed by atoms with Gasteiger partial charge in [0.25, 0.3) is 0 Å². The van der Waals surface area contributed by atoms with Crippen molar-refractivity contribution in [1.29, 1.82) is 0 Å². The van der Waals surface area contributed by atoms with E-state index in [1.165, 1.54) is 0 Å². The number of carbonyl (C=O) groups is 1. The fraction of sp³-hybridized carbons (Fsp3) is 0.636. The van der Waals surface area contributed by atoms with Crippen LogP contribution in [0.2, 0.25) is 6.04 Å². The van der Waals surface area contributed by atoms with Gasteiger partial charge in [-0.25, -0.2) is 14.6 Å². The van der Waals surface area contributed by atoms with Gasteiger partial charge in [-0.2, -0.15) is 0 Å². The molecule has 1 saturated carbocycles. The van der Waals surface area contributed by atoms with E-state index in [1.54, 1.807) is 32.3 Å². The lowest BCUT2D eigenvalue weighted by molar-refractivity contribution is 0.123. The zero-order chi connectivity index (χ0) is 22.5. The van der Waals surface area contributed by atoms with E-state index in [0.29, 0.717) is 43.9 Å². The molecule has 172 valence electrons. The molecule has 1 N–H and O–H groups in total. The van der Waals surface area contributed by atoms with Gasteiger partial charge in [0.05, 0.1) is 6.54 Å². The van der Waals surface area contributed by atoms with Crippen LogP contribution < -0.4 is 10.2 Å². The molecule has 0 heterocycles. The third-order valence-corrected chi connectivity index (χ3v) is 8.79. The van der Waals surface area contributed by atoms with Crippen molar-refractivity contribution in [2.75, 3.05) is 45.9 Å². The molecular weight excluding hydrogens is 414 g/mol. The maximum absolute atomic E-state index is 13.1. The number of urea groups is 1. The number of nitrogens with zero attached hydrogens (tertiary/aromatic N) is 2. The topological polar surface area (TPSA) is 89.5 Å². The molecule has 2 unspecified atom stereocenters. The van der Waals surface area contributed by atoms with Crippen LogP contribution in [-0.2, 0) is 18.1 Å². The van der Waals surface area contributed by atoms with Gasteiger partial charge in [-0.3, -0.25) is 4.90 Å². The minimum atomic E-state index is -2.68.